The summed E-state index contributed by atoms with van der Waals surface area (Å²) in [6.45, 7) is 1.73. The molecule has 2 unspecified atom stereocenters. The molecule has 1 rings (SSSR count). The summed E-state index contributed by atoms with van der Waals surface area (Å²) in [6.07, 6.45) is -3.14. The van der Waals surface area contributed by atoms with Gasteiger partial charge >= 0.3 is 5.97 Å². The Kier molecular flexibility index (Phi) is 5.40. The van der Waals surface area contributed by atoms with Crippen molar-refractivity contribution in [1.82, 2.24) is 0 Å². The highest BCUT2D eigenvalue weighted by Gasteiger charge is 2.29. The highest BCUT2D eigenvalue weighted by molar-refractivity contribution is 6.30. The van der Waals surface area contributed by atoms with Gasteiger partial charge in [0, 0.05) is 10.6 Å². The van der Waals surface area contributed by atoms with Crippen LogP contribution in [0.5, 0.6) is 5.75 Å². The molecule has 1 aromatic rings. The monoisotopic (exact) mass is 274 g/mol. The molecule has 0 bridgehead atoms. The lowest BCUT2D eigenvalue weighted by molar-refractivity contribution is -0.159. The zero-order valence-electron chi connectivity index (χ0n) is 10.1. The van der Waals surface area contributed by atoms with Crippen molar-refractivity contribution < 1.29 is 24.5 Å². The first-order valence-corrected chi connectivity index (χ1v) is 5.75. The maximum atomic E-state index is 11.3. The summed E-state index contributed by atoms with van der Waals surface area (Å²) in [5, 5.41) is 20.0. The molecule has 0 saturated carbocycles. The number of aliphatic hydroxyl groups is 2. The fourth-order valence-corrected chi connectivity index (χ4v) is 1.64. The van der Waals surface area contributed by atoms with E-state index in [-0.39, 0.29) is 12.2 Å². The number of methoxy groups -OCH3 is 1. The van der Waals surface area contributed by atoms with Gasteiger partial charge in [-0.3, -0.25) is 0 Å². The van der Waals surface area contributed by atoms with Crippen molar-refractivity contribution in [2.24, 2.45) is 0 Å². The predicted octanol–water partition coefficient (Wildman–Crippen LogP) is 1.31. The van der Waals surface area contributed by atoms with Crippen molar-refractivity contribution in [3.05, 3.63) is 28.8 Å². The van der Waals surface area contributed by atoms with E-state index >= 15 is 0 Å². The summed E-state index contributed by atoms with van der Waals surface area (Å²) in [4.78, 5) is 11.3. The van der Waals surface area contributed by atoms with E-state index in [0.29, 0.717) is 10.8 Å². The van der Waals surface area contributed by atoms with Gasteiger partial charge in [0.05, 0.1) is 13.7 Å². The number of halogens is 1. The Hall–Kier alpha value is -1.30. The molecule has 2 atom stereocenters. The first-order valence-electron chi connectivity index (χ1n) is 5.37. The number of hydrogen-bond acceptors (Lipinski definition) is 5. The lowest BCUT2D eigenvalue weighted by Crippen LogP contribution is -2.30. The molecule has 100 valence electrons. The second kappa shape index (κ2) is 6.58. The average Bonchev–Trinajstić information content (AvgIpc) is 2.37. The highest BCUT2D eigenvalue weighted by atomic mass is 35.5. The van der Waals surface area contributed by atoms with Crippen LogP contribution in [0.15, 0.2) is 18.2 Å². The van der Waals surface area contributed by atoms with Crippen LogP contribution < -0.4 is 4.74 Å². The first kappa shape index (κ1) is 14.8. The molecular formula is C12H15ClO5. The number of rotatable bonds is 5. The summed E-state index contributed by atoms with van der Waals surface area (Å²) >= 11 is 5.80. The van der Waals surface area contributed by atoms with E-state index in [0.717, 1.165) is 0 Å². The quantitative estimate of drug-likeness (QED) is 0.792. The Morgan fingerprint density at radius 3 is 2.67 bits per heavy atom. The van der Waals surface area contributed by atoms with Gasteiger partial charge in [0.25, 0.3) is 0 Å². The van der Waals surface area contributed by atoms with Crippen molar-refractivity contribution in [2.45, 2.75) is 19.1 Å². The minimum Gasteiger partial charge on any atom is -0.496 e. The molecule has 0 aliphatic rings. The van der Waals surface area contributed by atoms with Gasteiger partial charge in [0.1, 0.15) is 11.9 Å². The molecule has 0 saturated heterocycles. The fourth-order valence-electron chi connectivity index (χ4n) is 1.46. The van der Waals surface area contributed by atoms with Crippen molar-refractivity contribution in [2.75, 3.05) is 13.7 Å². The molecule has 1 aromatic carbocycles. The van der Waals surface area contributed by atoms with Crippen LogP contribution in [-0.4, -0.2) is 36.0 Å². The SMILES string of the molecule is CCOC(=O)C(O)C(O)c1cc(Cl)ccc1OC. The molecule has 5 nitrogen and oxygen atoms in total. The molecule has 0 heterocycles. The normalized spacial score (nSPS) is 13.8. The predicted molar refractivity (Wildman–Crippen MR) is 65.6 cm³/mol. The minimum absolute atomic E-state index is 0.120. The molecule has 0 spiro atoms. The lowest BCUT2D eigenvalue weighted by Gasteiger charge is -2.19. The Morgan fingerprint density at radius 1 is 1.44 bits per heavy atom. The van der Waals surface area contributed by atoms with Crippen molar-refractivity contribution in [3.8, 4) is 5.75 Å². The Balaban J connectivity index is 2.98. The van der Waals surface area contributed by atoms with Gasteiger partial charge in [-0.2, -0.15) is 0 Å². The summed E-state index contributed by atoms with van der Waals surface area (Å²) in [5.41, 5.74) is 0.227. The third-order valence-corrected chi connectivity index (χ3v) is 2.57. The molecule has 0 aromatic heterocycles. The Bertz CT molecular complexity index is 421. The Labute approximate surface area is 110 Å². The smallest absolute Gasteiger partial charge is 0.338 e. The van der Waals surface area contributed by atoms with Crippen LogP contribution >= 0.6 is 11.6 Å². The highest BCUT2D eigenvalue weighted by Crippen LogP contribution is 2.30. The zero-order valence-corrected chi connectivity index (χ0v) is 10.8. The zero-order chi connectivity index (χ0) is 13.7. The summed E-state index contributed by atoms with van der Waals surface area (Å²) in [6, 6.07) is 4.54. The maximum Gasteiger partial charge on any atom is 0.338 e. The molecule has 6 heteroatoms. The van der Waals surface area contributed by atoms with Gasteiger partial charge in [-0.1, -0.05) is 11.6 Å². The van der Waals surface area contributed by atoms with E-state index < -0.39 is 18.2 Å². The third kappa shape index (κ3) is 3.35. The number of carbonyl (C=O) groups is 1. The molecule has 0 amide bonds. The van der Waals surface area contributed by atoms with E-state index in [1.54, 1.807) is 19.1 Å². The third-order valence-electron chi connectivity index (χ3n) is 2.34. The molecule has 2 N–H and O–H groups in total. The van der Waals surface area contributed by atoms with Crippen molar-refractivity contribution in [1.29, 1.82) is 0 Å². The first-order chi connectivity index (χ1) is 8.51. The number of ether oxygens (including phenoxy) is 2. The summed E-state index contributed by atoms with van der Waals surface area (Å²) < 4.78 is 9.66. The van der Waals surface area contributed by atoms with Gasteiger partial charge in [-0.15, -0.1) is 0 Å². The second-order valence-corrected chi connectivity index (χ2v) is 3.96. The van der Waals surface area contributed by atoms with Gasteiger partial charge in [0.15, 0.2) is 6.10 Å². The van der Waals surface area contributed by atoms with E-state index in [1.165, 1.54) is 13.2 Å². The topological polar surface area (TPSA) is 76.0 Å². The van der Waals surface area contributed by atoms with Crippen LogP contribution in [-0.2, 0) is 9.53 Å². The van der Waals surface area contributed by atoms with Crippen LogP contribution in [0.4, 0.5) is 0 Å². The number of benzene rings is 1. The molecule has 18 heavy (non-hydrogen) atoms. The molecule has 0 fully saturated rings. The van der Waals surface area contributed by atoms with E-state index in [4.69, 9.17) is 16.3 Å². The Morgan fingerprint density at radius 2 is 2.11 bits per heavy atom. The maximum absolute atomic E-state index is 11.3. The van der Waals surface area contributed by atoms with Crippen molar-refractivity contribution in [3.63, 3.8) is 0 Å². The largest absolute Gasteiger partial charge is 0.496 e. The standard InChI is InChI=1S/C12H15ClO5/c1-3-18-12(16)11(15)10(14)8-6-7(13)4-5-9(8)17-2/h4-6,10-11,14-15H,3H2,1-2H3. The van der Waals surface area contributed by atoms with E-state index in [1.807, 2.05) is 0 Å². The van der Waals surface area contributed by atoms with Gasteiger partial charge in [-0.25, -0.2) is 4.79 Å². The van der Waals surface area contributed by atoms with Crippen molar-refractivity contribution >= 4 is 17.6 Å². The van der Waals surface area contributed by atoms with Gasteiger partial charge < -0.3 is 19.7 Å². The summed E-state index contributed by atoms with van der Waals surface area (Å²) in [5.74, 6) is -0.567. The van der Waals surface area contributed by atoms with Crippen LogP contribution in [0.2, 0.25) is 5.02 Å². The summed E-state index contributed by atoms with van der Waals surface area (Å²) in [7, 11) is 1.41. The molecular weight excluding hydrogens is 260 g/mol. The molecule has 0 aliphatic carbocycles. The van der Waals surface area contributed by atoms with E-state index in [9.17, 15) is 15.0 Å². The number of hydrogen-bond donors (Lipinski definition) is 2. The number of carbonyl (C=O) groups excluding carboxylic acids is 1. The van der Waals surface area contributed by atoms with Crippen LogP contribution in [0.1, 0.15) is 18.6 Å². The minimum atomic E-state index is -1.68. The van der Waals surface area contributed by atoms with Crippen LogP contribution in [0.3, 0.4) is 0 Å². The molecule has 0 radical (unpaired) electrons. The van der Waals surface area contributed by atoms with Gasteiger partial charge in [0.2, 0.25) is 0 Å². The van der Waals surface area contributed by atoms with Crippen LogP contribution in [0.25, 0.3) is 0 Å². The second-order valence-electron chi connectivity index (χ2n) is 3.53. The van der Waals surface area contributed by atoms with Gasteiger partial charge in [-0.05, 0) is 25.1 Å². The average molecular weight is 275 g/mol. The fraction of sp³-hybridized carbons (Fsp3) is 0.417. The number of esters is 1. The molecule has 0 aliphatic heterocycles. The van der Waals surface area contributed by atoms with E-state index in [2.05, 4.69) is 4.74 Å². The van der Waals surface area contributed by atoms with Crippen LogP contribution in [0, 0.1) is 0 Å². The number of aliphatic hydroxyl groups excluding tert-OH is 2. The lowest BCUT2D eigenvalue weighted by atomic mass is 10.0.